The molecule has 72 valence electrons. The van der Waals surface area contributed by atoms with E-state index in [9.17, 15) is 4.79 Å². The standard InChI is InChI=1S/C8H15NO2.H2I/c1-9(2)5-3-7(4-6-9)8(10)11;/h7H,3-6H2,1-2H3;1H2/q;+1/p+1. The van der Waals surface area contributed by atoms with Crippen LogP contribution in [0.25, 0.3) is 0 Å². The van der Waals surface area contributed by atoms with Gasteiger partial charge in [-0.25, -0.2) is 0 Å². The summed E-state index contributed by atoms with van der Waals surface area (Å²) in [6.07, 6.45) is 1.67. The van der Waals surface area contributed by atoms with Crippen molar-refractivity contribution in [3.63, 3.8) is 0 Å². The molecule has 0 bridgehead atoms. The predicted octanol–water partition coefficient (Wildman–Crippen LogP) is -2.97. The zero-order valence-electron chi connectivity index (χ0n) is 7.66. The van der Waals surface area contributed by atoms with Gasteiger partial charge < -0.3 is 9.59 Å². The van der Waals surface area contributed by atoms with E-state index >= 15 is 0 Å². The van der Waals surface area contributed by atoms with Crippen molar-refractivity contribution in [2.75, 3.05) is 27.2 Å². The molecule has 0 aromatic carbocycles. The lowest BCUT2D eigenvalue weighted by molar-refractivity contribution is -0.895. The summed E-state index contributed by atoms with van der Waals surface area (Å²) in [4.78, 5) is 10.6. The summed E-state index contributed by atoms with van der Waals surface area (Å²) >= 11 is 0. The molecule has 3 nitrogen and oxygen atoms in total. The molecule has 12 heavy (non-hydrogen) atoms. The van der Waals surface area contributed by atoms with Crippen molar-refractivity contribution in [1.29, 1.82) is 0 Å². The normalized spacial score (nSPS) is 22.8. The number of carboxylic acids is 1. The van der Waals surface area contributed by atoms with Gasteiger partial charge in [-0.05, 0) is 0 Å². The van der Waals surface area contributed by atoms with Crippen LogP contribution in [0.15, 0.2) is 0 Å². The van der Waals surface area contributed by atoms with E-state index in [1.165, 1.54) is 0 Å². The average molecular weight is 287 g/mol. The third-order valence-electron chi connectivity index (χ3n) is 2.52. The van der Waals surface area contributed by atoms with Crippen LogP contribution >= 0.6 is 0 Å². The first-order chi connectivity index (χ1) is 5.01. The highest BCUT2D eigenvalue weighted by Crippen LogP contribution is 2.19. The lowest BCUT2D eigenvalue weighted by Crippen LogP contribution is -3.00. The largest absolute Gasteiger partial charge is 0.481 e. The van der Waals surface area contributed by atoms with Gasteiger partial charge in [0.2, 0.25) is 24.0 Å². The monoisotopic (exact) mass is 287 g/mol. The number of halogens is 1. The fourth-order valence-electron chi connectivity index (χ4n) is 1.51. The minimum atomic E-state index is -0.621. The van der Waals surface area contributed by atoms with E-state index in [1.54, 1.807) is 0 Å². The van der Waals surface area contributed by atoms with Crippen molar-refractivity contribution < 1.29 is 38.4 Å². The van der Waals surface area contributed by atoms with E-state index in [0.717, 1.165) is 30.4 Å². The molecular formula is C8H18INO2+2. The maximum Gasteiger partial charge on any atom is 0.306 e. The highest BCUT2D eigenvalue weighted by molar-refractivity contribution is 5.69. The summed E-state index contributed by atoms with van der Waals surface area (Å²) < 4.78 is 0.976. The number of aliphatic carboxylic acids is 1. The maximum atomic E-state index is 10.6. The summed E-state index contributed by atoms with van der Waals surface area (Å²) in [5, 5.41) is 8.70. The van der Waals surface area contributed by atoms with Crippen LogP contribution in [-0.2, 0) is 4.79 Å². The van der Waals surface area contributed by atoms with Crippen molar-refractivity contribution in [3.05, 3.63) is 0 Å². The van der Waals surface area contributed by atoms with Crippen molar-refractivity contribution >= 4 is 5.97 Å². The first-order valence-electron chi connectivity index (χ1n) is 4.06. The van der Waals surface area contributed by atoms with Crippen LogP contribution < -0.4 is 24.0 Å². The van der Waals surface area contributed by atoms with Crippen molar-refractivity contribution in [2.45, 2.75) is 12.8 Å². The highest BCUT2D eigenvalue weighted by atomic mass is 127. The first kappa shape index (κ1) is 12.2. The molecule has 0 atom stereocenters. The van der Waals surface area contributed by atoms with Gasteiger partial charge in [0.05, 0.1) is 33.1 Å². The number of quaternary nitrogens is 1. The molecule has 1 saturated heterocycles. The summed E-state index contributed by atoms with van der Waals surface area (Å²) in [7, 11) is 4.30. The first-order valence-corrected chi connectivity index (χ1v) is 4.06. The maximum absolute atomic E-state index is 10.6. The summed E-state index contributed by atoms with van der Waals surface area (Å²) in [6, 6.07) is 0. The topological polar surface area (TPSA) is 37.3 Å². The molecule has 4 heteroatoms. The van der Waals surface area contributed by atoms with Gasteiger partial charge in [0.15, 0.2) is 0 Å². The van der Waals surface area contributed by atoms with Crippen molar-refractivity contribution in [3.8, 4) is 0 Å². The third-order valence-corrected chi connectivity index (χ3v) is 2.52. The average Bonchev–Trinajstić information content (AvgIpc) is 1.86. The second-order valence-electron chi connectivity index (χ2n) is 4.00. The van der Waals surface area contributed by atoms with Gasteiger partial charge >= 0.3 is 5.97 Å². The molecule has 0 radical (unpaired) electrons. The second kappa shape index (κ2) is 4.41. The molecule has 1 aliphatic heterocycles. The Balaban J connectivity index is 0.00000121. The van der Waals surface area contributed by atoms with Gasteiger partial charge in [0.25, 0.3) is 0 Å². The lowest BCUT2D eigenvalue weighted by atomic mass is 9.96. The van der Waals surface area contributed by atoms with Crippen LogP contribution in [0, 0.1) is 5.92 Å². The molecule has 1 aliphatic rings. The van der Waals surface area contributed by atoms with E-state index in [4.69, 9.17) is 5.11 Å². The third kappa shape index (κ3) is 3.26. The van der Waals surface area contributed by atoms with Gasteiger partial charge in [-0.15, -0.1) is 0 Å². The molecule has 0 amide bonds. The van der Waals surface area contributed by atoms with E-state index in [-0.39, 0.29) is 29.9 Å². The van der Waals surface area contributed by atoms with Crippen LogP contribution in [0.4, 0.5) is 0 Å². The Bertz CT molecular complexity index is 160. The fraction of sp³-hybridized carbons (Fsp3) is 0.875. The van der Waals surface area contributed by atoms with E-state index in [2.05, 4.69) is 14.1 Å². The van der Waals surface area contributed by atoms with Gasteiger partial charge in [0, 0.05) is 12.8 Å². The Hall–Kier alpha value is 0.160. The smallest absolute Gasteiger partial charge is 0.306 e. The Morgan fingerprint density at radius 3 is 2.08 bits per heavy atom. The molecule has 1 N–H and O–H groups in total. The Morgan fingerprint density at radius 1 is 1.33 bits per heavy atom. The number of carboxylic acid groups (broad SMARTS) is 1. The zero-order chi connectivity index (χ0) is 8.48. The van der Waals surface area contributed by atoms with E-state index < -0.39 is 5.97 Å². The summed E-state index contributed by atoms with van der Waals surface area (Å²) in [5.41, 5.74) is 0. The number of rotatable bonds is 1. The molecule has 0 aliphatic carbocycles. The molecule has 0 aromatic rings. The van der Waals surface area contributed by atoms with Gasteiger partial charge in [-0.3, -0.25) is 4.79 Å². The van der Waals surface area contributed by atoms with Crippen LogP contribution in [0.1, 0.15) is 12.8 Å². The van der Waals surface area contributed by atoms with Crippen molar-refractivity contribution in [1.82, 2.24) is 0 Å². The molecule has 1 fully saturated rings. The van der Waals surface area contributed by atoms with Gasteiger partial charge in [-0.1, -0.05) is 0 Å². The zero-order valence-corrected chi connectivity index (χ0v) is 10.2. The predicted molar refractivity (Wildman–Crippen MR) is 45.0 cm³/mol. The highest BCUT2D eigenvalue weighted by Gasteiger charge is 2.29. The molecule has 1 heterocycles. The van der Waals surface area contributed by atoms with E-state index in [0.29, 0.717) is 0 Å². The molecule has 1 rings (SSSR count). The van der Waals surface area contributed by atoms with Crippen LogP contribution in [-0.4, -0.2) is 42.7 Å². The van der Waals surface area contributed by atoms with Crippen molar-refractivity contribution in [2.24, 2.45) is 5.92 Å². The molecular weight excluding hydrogens is 269 g/mol. The number of carbonyl (C=O) groups is 1. The van der Waals surface area contributed by atoms with Gasteiger partial charge in [0.1, 0.15) is 0 Å². The minimum absolute atomic E-state index is 0. The Kier molecular flexibility index (Phi) is 4.47. The minimum Gasteiger partial charge on any atom is -0.481 e. The number of nitrogens with zero attached hydrogens (tertiary/aromatic N) is 1. The van der Waals surface area contributed by atoms with Crippen LogP contribution in [0.5, 0.6) is 0 Å². The second-order valence-corrected chi connectivity index (χ2v) is 4.00. The Morgan fingerprint density at radius 2 is 1.75 bits per heavy atom. The molecule has 0 spiro atoms. The number of hydrogen-bond donors (Lipinski definition) is 1. The SMILES string of the molecule is C[N+]1(C)CCC(C(=O)O)CC1.[IH2+]. The molecule has 0 unspecified atom stereocenters. The Labute approximate surface area is 90.4 Å². The number of piperidine rings is 1. The van der Waals surface area contributed by atoms with Gasteiger partial charge in [-0.2, -0.15) is 0 Å². The number of likely N-dealkylation sites (tertiary alicyclic amines) is 1. The lowest BCUT2D eigenvalue weighted by Gasteiger charge is -2.35. The van der Waals surface area contributed by atoms with E-state index in [1.807, 2.05) is 0 Å². The summed E-state index contributed by atoms with van der Waals surface area (Å²) in [6.45, 7) is 1.99. The molecule has 0 aromatic heterocycles. The number of hydrogen-bond acceptors (Lipinski definition) is 1. The fourth-order valence-corrected chi connectivity index (χ4v) is 1.51. The quantitative estimate of drug-likeness (QED) is 0.413. The van der Waals surface area contributed by atoms with Crippen LogP contribution in [0.2, 0.25) is 0 Å². The molecule has 0 saturated carbocycles. The van der Waals surface area contributed by atoms with Crippen LogP contribution in [0.3, 0.4) is 0 Å². The summed E-state index contributed by atoms with van der Waals surface area (Å²) in [5.74, 6) is -0.703.